The molecule has 0 aromatic heterocycles. The van der Waals surface area contributed by atoms with E-state index < -0.39 is 17.4 Å². The Kier molecular flexibility index (Phi) is 7.68. The molecule has 0 saturated carbocycles. The molecular weight excluding hydrogens is 302 g/mol. The highest BCUT2D eigenvalue weighted by Gasteiger charge is 2.37. The maximum atomic E-state index is 14.5. The summed E-state index contributed by atoms with van der Waals surface area (Å²) >= 11 is 0. The molecule has 1 aliphatic rings. The molecule has 0 aromatic rings. The van der Waals surface area contributed by atoms with Crippen molar-refractivity contribution in [3.63, 3.8) is 0 Å². The number of carbonyl (C=O) groups excluding carboxylic acids is 1. The minimum Gasteiger partial charge on any atom is -0.491 e. The molecule has 2 atom stereocenters. The second-order valence-electron chi connectivity index (χ2n) is 6.17. The van der Waals surface area contributed by atoms with Crippen molar-refractivity contribution in [1.29, 1.82) is 0 Å². The third-order valence-corrected chi connectivity index (χ3v) is 3.78. The first kappa shape index (κ1) is 19.6. The standard InChI is InChI=1S/C17H28F2N2O2/c1-5-6-11-23-16-15(18)13(7-9-17(16,2)19)8-10-20-12-14(22)21(3)4/h7,9,13,20H,5-6,8,10-12H2,1-4H3. The van der Waals surface area contributed by atoms with E-state index in [-0.39, 0.29) is 18.2 Å². The summed E-state index contributed by atoms with van der Waals surface area (Å²) in [6, 6.07) is 0. The fourth-order valence-corrected chi connectivity index (χ4v) is 2.22. The number of halogens is 2. The molecule has 1 amide bonds. The third-order valence-electron chi connectivity index (χ3n) is 3.78. The molecule has 0 aliphatic heterocycles. The number of hydrogen-bond acceptors (Lipinski definition) is 3. The largest absolute Gasteiger partial charge is 0.491 e. The molecule has 132 valence electrons. The predicted octanol–water partition coefficient (Wildman–Crippen LogP) is 2.97. The van der Waals surface area contributed by atoms with E-state index in [1.165, 1.54) is 24.0 Å². The number of rotatable bonds is 9. The van der Waals surface area contributed by atoms with Crippen LogP contribution in [0.3, 0.4) is 0 Å². The molecule has 0 radical (unpaired) electrons. The Morgan fingerprint density at radius 2 is 2.17 bits per heavy atom. The average Bonchev–Trinajstić information content (AvgIpc) is 2.48. The molecule has 0 bridgehead atoms. The quantitative estimate of drug-likeness (QED) is 0.522. The highest BCUT2D eigenvalue weighted by atomic mass is 19.1. The topological polar surface area (TPSA) is 41.6 Å². The van der Waals surface area contributed by atoms with E-state index in [4.69, 9.17) is 4.74 Å². The molecule has 0 heterocycles. The Morgan fingerprint density at radius 3 is 2.78 bits per heavy atom. The number of unbranched alkanes of at least 4 members (excludes halogenated alkanes) is 1. The van der Waals surface area contributed by atoms with Crippen LogP contribution in [0.1, 0.15) is 33.1 Å². The minimum absolute atomic E-state index is 0.0416. The van der Waals surface area contributed by atoms with Crippen LogP contribution in [0.2, 0.25) is 0 Å². The number of likely N-dealkylation sites (N-methyl/N-ethyl adjacent to an activating group) is 1. The van der Waals surface area contributed by atoms with Crippen molar-refractivity contribution in [2.24, 2.45) is 5.92 Å². The minimum atomic E-state index is -1.90. The van der Waals surface area contributed by atoms with Crippen LogP contribution in [0.5, 0.6) is 0 Å². The van der Waals surface area contributed by atoms with Crippen LogP contribution >= 0.6 is 0 Å². The monoisotopic (exact) mass is 330 g/mol. The van der Waals surface area contributed by atoms with Gasteiger partial charge in [-0.3, -0.25) is 4.79 Å². The summed E-state index contributed by atoms with van der Waals surface area (Å²) in [6.07, 6.45) is 5.00. The van der Waals surface area contributed by atoms with Gasteiger partial charge >= 0.3 is 0 Å². The fourth-order valence-electron chi connectivity index (χ4n) is 2.22. The lowest BCUT2D eigenvalue weighted by Crippen LogP contribution is -2.34. The lowest BCUT2D eigenvalue weighted by Gasteiger charge is -2.28. The molecule has 1 rings (SSSR count). The van der Waals surface area contributed by atoms with Crippen molar-refractivity contribution in [3.8, 4) is 0 Å². The average molecular weight is 330 g/mol. The zero-order chi connectivity index (χ0) is 17.5. The van der Waals surface area contributed by atoms with E-state index in [2.05, 4.69) is 5.32 Å². The van der Waals surface area contributed by atoms with E-state index in [1.807, 2.05) is 6.92 Å². The number of alkyl halides is 1. The van der Waals surface area contributed by atoms with Gasteiger partial charge in [-0.25, -0.2) is 8.78 Å². The van der Waals surface area contributed by atoms with Crippen LogP contribution in [-0.4, -0.2) is 50.3 Å². The van der Waals surface area contributed by atoms with Crippen molar-refractivity contribution in [2.75, 3.05) is 33.8 Å². The Hall–Kier alpha value is -1.43. The maximum absolute atomic E-state index is 14.5. The molecule has 6 heteroatoms. The number of amides is 1. The third kappa shape index (κ3) is 5.94. The molecular formula is C17H28F2N2O2. The van der Waals surface area contributed by atoms with Gasteiger partial charge in [0.2, 0.25) is 5.91 Å². The van der Waals surface area contributed by atoms with E-state index in [1.54, 1.807) is 14.1 Å². The molecule has 0 aromatic carbocycles. The zero-order valence-electron chi connectivity index (χ0n) is 14.5. The molecule has 4 nitrogen and oxygen atoms in total. The van der Waals surface area contributed by atoms with Crippen LogP contribution in [0.25, 0.3) is 0 Å². The van der Waals surface area contributed by atoms with E-state index in [0.717, 1.165) is 12.8 Å². The van der Waals surface area contributed by atoms with E-state index in [0.29, 0.717) is 19.6 Å². The van der Waals surface area contributed by atoms with Gasteiger partial charge in [-0.1, -0.05) is 19.4 Å². The number of nitrogens with one attached hydrogen (secondary N) is 1. The van der Waals surface area contributed by atoms with E-state index >= 15 is 0 Å². The first-order valence-corrected chi connectivity index (χ1v) is 8.11. The summed E-state index contributed by atoms with van der Waals surface area (Å²) in [7, 11) is 3.36. The van der Waals surface area contributed by atoms with Gasteiger partial charge in [0.05, 0.1) is 13.2 Å². The van der Waals surface area contributed by atoms with Crippen molar-refractivity contribution < 1.29 is 18.3 Å². The maximum Gasteiger partial charge on any atom is 0.236 e. The summed E-state index contributed by atoms with van der Waals surface area (Å²) in [5.74, 6) is -1.31. The predicted molar refractivity (Wildman–Crippen MR) is 87.3 cm³/mol. The van der Waals surface area contributed by atoms with Crippen molar-refractivity contribution >= 4 is 5.91 Å². The molecule has 1 N–H and O–H groups in total. The highest BCUT2D eigenvalue weighted by Crippen LogP contribution is 2.37. The molecule has 1 aliphatic carbocycles. The second-order valence-corrected chi connectivity index (χ2v) is 6.17. The van der Waals surface area contributed by atoms with Gasteiger partial charge in [-0.2, -0.15) is 0 Å². The molecule has 0 saturated heterocycles. The molecule has 23 heavy (non-hydrogen) atoms. The van der Waals surface area contributed by atoms with Gasteiger partial charge in [-0.05, 0) is 32.4 Å². The fraction of sp³-hybridized carbons (Fsp3) is 0.706. The van der Waals surface area contributed by atoms with Crippen LogP contribution in [0, 0.1) is 5.92 Å². The smallest absolute Gasteiger partial charge is 0.236 e. The summed E-state index contributed by atoms with van der Waals surface area (Å²) in [5.41, 5.74) is -1.90. The summed E-state index contributed by atoms with van der Waals surface area (Å²) in [5, 5.41) is 2.97. The first-order chi connectivity index (χ1) is 10.8. The van der Waals surface area contributed by atoms with Crippen molar-refractivity contribution in [1.82, 2.24) is 10.2 Å². The number of ether oxygens (including phenoxy) is 1. The van der Waals surface area contributed by atoms with Gasteiger partial charge in [-0.15, -0.1) is 0 Å². The van der Waals surface area contributed by atoms with Gasteiger partial charge in [0, 0.05) is 20.0 Å². The van der Waals surface area contributed by atoms with Gasteiger partial charge in [0.15, 0.2) is 11.4 Å². The lowest BCUT2D eigenvalue weighted by atomic mass is 9.90. The number of hydrogen-bond donors (Lipinski definition) is 1. The van der Waals surface area contributed by atoms with Crippen molar-refractivity contribution in [3.05, 3.63) is 23.7 Å². The molecule has 2 unspecified atom stereocenters. The first-order valence-electron chi connectivity index (χ1n) is 8.11. The number of nitrogens with zero attached hydrogens (tertiary/aromatic N) is 1. The summed E-state index contributed by atoms with van der Waals surface area (Å²) < 4.78 is 34.3. The van der Waals surface area contributed by atoms with Gasteiger partial charge < -0.3 is 15.0 Å². The summed E-state index contributed by atoms with van der Waals surface area (Å²) in [4.78, 5) is 12.9. The number of carbonyl (C=O) groups is 1. The Morgan fingerprint density at radius 1 is 1.48 bits per heavy atom. The highest BCUT2D eigenvalue weighted by molar-refractivity contribution is 5.77. The second kappa shape index (κ2) is 9.01. The van der Waals surface area contributed by atoms with Crippen LogP contribution in [-0.2, 0) is 9.53 Å². The van der Waals surface area contributed by atoms with Crippen LogP contribution < -0.4 is 5.32 Å². The molecule has 0 spiro atoms. The lowest BCUT2D eigenvalue weighted by molar-refractivity contribution is -0.127. The Bertz CT molecular complexity index is 460. The SMILES string of the molecule is CCCCOC1=C(F)C(CCNCC(=O)N(C)C)C=CC1(C)F. The van der Waals surface area contributed by atoms with Gasteiger partial charge in [0.25, 0.3) is 0 Å². The summed E-state index contributed by atoms with van der Waals surface area (Å²) in [6.45, 7) is 4.28. The Labute approximate surface area is 137 Å². The molecule has 0 fully saturated rings. The normalized spacial score (nSPS) is 24.0. The zero-order valence-corrected chi connectivity index (χ0v) is 14.5. The number of allylic oxidation sites excluding steroid dienone is 3. The van der Waals surface area contributed by atoms with Gasteiger partial charge in [0.1, 0.15) is 5.83 Å². The van der Waals surface area contributed by atoms with Crippen LogP contribution in [0.4, 0.5) is 8.78 Å². The Balaban J connectivity index is 2.56. The van der Waals surface area contributed by atoms with Crippen LogP contribution in [0.15, 0.2) is 23.7 Å². The van der Waals surface area contributed by atoms with Crippen molar-refractivity contribution in [2.45, 2.75) is 38.8 Å². The van der Waals surface area contributed by atoms with E-state index in [9.17, 15) is 13.6 Å².